The molecule has 0 aromatic heterocycles. The highest BCUT2D eigenvalue weighted by Crippen LogP contribution is 2.16. The summed E-state index contributed by atoms with van der Waals surface area (Å²) in [4.78, 5) is 2.27. The van der Waals surface area contributed by atoms with E-state index in [1.165, 1.54) is 102 Å². The predicted molar refractivity (Wildman–Crippen MR) is 118 cm³/mol. The van der Waals surface area contributed by atoms with Gasteiger partial charge in [-0.2, -0.15) is 0 Å². The molecular weight excluding hydrogens is 314 g/mol. The topological polar surface area (TPSA) is 3.24 Å². The minimum absolute atomic E-state index is 1.06. The van der Waals surface area contributed by atoms with Gasteiger partial charge in [-0.05, 0) is 38.1 Å². The fraction of sp³-hybridized carbons (Fsp3) is 0.760. The molecule has 0 aliphatic rings. The normalized spacial score (nSPS) is 11.4. The molecule has 1 aromatic rings. The third kappa shape index (κ3) is 12.5. The summed E-state index contributed by atoms with van der Waals surface area (Å²) in [6.45, 7) is 3.36. The molecule has 0 heterocycles. The molecule has 0 amide bonds. The minimum Gasteiger partial charge on any atom is -0.305 e. The van der Waals surface area contributed by atoms with Gasteiger partial charge >= 0.3 is 0 Å². The maximum absolute atomic E-state index is 2.32. The Morgan fingerprint density at radius 1 is 0.577 bits per heavy atom. The quantitative estimate of drug-likeness (QED) is 0.257. The van der Waals surface area contributed by atoms with Crippen molar-refractivity contribution in [2.24, 2.45) is 0 Å². The monoisotopic (exact) mass is 359 g/mol. The first-order valence-electron chi connectivity index (χ1n) is 11.5. The van der Waals surface area contributed by atoms with Crippen molar-refractivity contribution < 1.29 is 0 Å². The largest absolute Gasteiger partial charge is 0.305 e. The van der Waals surface area contributed by atoms with Crippen LogP contribution in [0.1, 0.15) is 108 Å². The number of nitrogens with zero attached hydrogens (tertiary/aromatic N) is 1. The second kappa shape index (κ2) is 16.4. The van der Waals surface area contributed by atoms with Gasteiger partial charge in [0.1, 0.15) is 0 Å². The molecule has 150 valence electrons. The Labute approximate surface area is 164 Å². The zero-order chi connectivity index (χ0) is 18.9. The van der Waals surface area contributed by atoms with Gasteiger partial charge < -0.3 is 4.90 Å². The lowest BCUT2D eigenvalue weighted by Crippen LogP contribution is -2.12. The molecule has 1 nitrogen and oxygen atoms in total. The van der Waals surface area contributed by atoms with Crippen molar-refractivity contribution in [3.63, 3.8) is 0 Å². The fourth-order valence-electron chi connectivity index (χ4n) is 3.81. The molecule has 26 heavy (non-hydrogen) atoms. The van der Waals surface area contributed by atoms with Crippen molar-refractivity contribution in [3.8, 4) is 0 Å². The van der Waals surface area contributed by atoms with Crippen LogP contribution in [0.3, 0.4) is 0 Å². The molecule has 0 atom stereocenters. The molecule has 0 saturated heterocycles. The summed E-state index contributed by atoms with van der Waals surface area (Å²) in [5.41, 5.74) is 3.06. The minimum atomic E-state index is 1.06. The van der Waals surface area contributed by atoms with Crippen LogP contribution in [0.25, 0.3) is 0 Å². The molecule has 0 spiro atoms. The first-order valence-corrected chi connectivity index (χ1v) is 11.5. The molecule has 0 aliphatic carbocycles. The van der Waals surface area contributed by atoms with Gasteiger partial charge in [0.15, 0.2) is 0 Å². The van der Waals surface area contributed by atoms with Gasteiger partial charge in [-0.3, -0.25) is 0 Å². The summed E-state index contributed by atoms with van der Waals surface area (Å²) < 4.78 is 0. The summed E-state index contributed by atoms with van der Waals surface area (Å²) in [6.07, 6.45) is 21.4. The van der Waals surface area contributed by atoms with Gasteiger partial charge in [0, 0.05) is 6.54 Å². The highest BCUT2D eigenvalue weighted by atomic mass is 15.0. The average molecular weight is 360 g/mol. The first kappa shape index (κ1) is 23.2. The Hall–Kier alpha value is -0.820. The van der Waals surface area contributed by atoms with E-state index in [9.17, 15) is 0 Å². The third-order valence-electron chi connectivity index (χ3n) is 5.40. The maximum Gasteiger partial charge on any atom is 0.0230 e. The zero-order valence-corrected chi connectivity index (χ0v) is 18.1. The first-order chi connectivity index (χ1) is 12.7. The summed E-state index contributed by atoms with van der Waals surface area (Å²) in [5, 5.41) is 0. The molecule has 0 radical (unpaired) electrons. The summed E-state index contributed by atoms with van der Waals surface area (Å²) in [7, 11) is 4.31. The van der Waals surface area contributed by atoms with Crippen molar-refractivity contribution in [3.05, 3.63) is 35.4 Å². The van der Waals surface area contributed by atoms with Crippen LogP contribution < -0.4 is 0 Å². The van der Waals surface area contributed by atoms with Crippen LogP contribution in [-0.2, 0) is 13.0 Å². The Kier molecular flexibility index (Phi) is 14.6. The van der Waals surface area contributed by atoms with Crippen LogP contribution in [0.5, 0.6) is 0 Å². The van der Waals surface area contributed by atoms with Gasteiger partial charge in [-0.15, -0.1) is 0 Å². The summed E-state index contributed by atoms with van der Waals surface area (Å²) in [5.74, 6) is 0. The van der Waals surface area contributed by atoms with Crippen LogP contribution in [0.15, 0.2) is 24.3 Å². The van der Waals surface area contributed by atoms with E-state index in [2.05, 4.69) is 50.2 Å². The van der Waals surface area contributed by atoms with Gasteiger partial charge in [0.25, 0.3) is 0 Å². The van der Waals surface area contributed by atoms with Crippen LogP contribution in [0.4, 0.5) is 0 Å². The lowest BCUT2D eigenvalue weighted by molar-refractivity contribution is 0.400. The van der Waals surface area contributed by atoms with Crippen molar-refractivity contribution in [1.29, 1.82) is 0 Å². The van der Waals surface area contributed by atoms with Crippen LogP contribution >= 0.6 is 0 Å². The van der Waals surface area contributed by atoms with Crippen LogP contribution in [-0.4, -0.2) is 19.0 Å². The van der Waals surface area contributed by atoms with Crippen molar-refractivity contribution in [2.75, 3.05) is 14.1 Å². The Bertz CT molecular complexity index is 424. The van der Waals surface area contributed by atoms with Gasteiger partial charge in [0.05, 0.1) is 0 Å². The number of unbranched alkanes of at least 4 members (excludes halogenated alkanes) is 13. The zero-order valence-electron chi connectivity index (χ0n) is 18.1. The molecular formula is C25H45N. The molecule has 1 rings (SSSR count). The van der Waals surface area contributed by atoms with E-state index in [0.29, 0.717) is 0 Å². The second-order valence-corrected chi connectivity index (χ2v) is 8.35. The number of rotatable bonds is 17. The lowest BCUT2D eigenvalue weighted by atomic mass is 9.99. The molecule has 1 aromatic carbocycles. The van der Waals surface area contributed by atoms with Gasteiger partial charge in [0.2, 0.25) is 0 Å². The van der Waals surface area contributed by atoms with E-state index in [0.717, 1.165) is 6.54 Å². The highest BCUT2D eigenvalue weighted by Gasteiger charge is 2.03. The Morgan fingerprint density at radius 3 is 1.46 bits per heavy atom. The molecule has 0 fully saturated rings. The van der Waals surface area contributed by atoms with E-state index in [1.54, 1.807) is 5.56 Å². The number of benzene rings is 1. The lowest BCUT2D eigenvalue weighted by Gasteiger charge is -2.14. The van der Waals surface area contributed by atoms with E-state index in [1.807, 2.05) is 0 Å². The van der Waals surface area contributed by atoms with E-state index in [4.69, 9.17) is 0 Å². The molecule has 0 saturated carbocycles. The smallest absolute Gasteiger partial charge is 0.0230 e. The molecule has 0 N–H and O–H groups in total. The fourth-order valence-corrected chi connectivity index (χ4v) is 3.81. The SMILES string of the molecule is CCCCCCCCCCCCCCCCc1ccccc1CN(C)C. The standard InChI is InChI=1S/C25H45N/c1-4-5-6-7-8-9-10-11-12-13-14-15-16-17-20-24-21-18-19-22-25(24)23-26(2)3/h18-19,21-22H,4-17,20,23H2,1-3H3. The summed E-state index contributed by atoms with van der Waals surface area (Å²) >= 11 is 0. The number of aryl methyl sites for hydroxylation is 1. The Balaban J connectivity index is 1.92. The molecule has 0 aliphatic heterocycles. The molecule has 0 unspecified atom stereocenters. The summed E-state index contributed by atoms with van der Waals surface area (Å²) in [6, 6.07) is 8.98. The van der Waals surface area contributed by atoms with Gasteiger partial charge in [-0.1, -0.05) is 115 Å². The second-order valence-electron chi connectivity index (χ2n) is 8.35. The van der Waals surface area contributed by atoms with Crippen LogP contribution in [0.2, 0.25) is 0 Å². The van der Waals surface area contributed by atoms with Crippen molar-refractivity contribution in [1.82, 2.24) is 4.90 Å². The number of hydrogen-bond donors (Lipinski definition) is 0. The van der Waals surface area contributed by atoms with E-state index >= 15 is 0 Å². The Morgan fingerprint density at radius 2 is 1.00 bits per heavy atom. The van der Waals surface area contributed by atoms with E-state index in [-0.39, 0.29) is 0 Å². The number of hydrogen-bond acceptors (Lipinski definition) is 1. The predicted octanol–water partition coefficient (Wildman–Crippen LogP) is 7.77. The average Bonchev–Trinajstić information content (AvgIpc) is 2.63. The van der Waals surface area contributed by atoms with Crippen molar-refractivity contribution >= 4 is 0 Å². The van der Waals surface area contributed by atoms with Crippen molar-refractivity contribution in [2.45, 2.75) is 110 Å². The highest BCUT2D eigenvalue weighted by molar-refractivity contribution is 5.27. The molecule has 0 bridgehead atoms. The van der Waals surface area contributed by atoms with Crippen LogP contribution in [0, 0.1) is 0 Å². The third-order valence-corrected chi connectivity index (χ3v) is 5.40. The maximum atomic E-state index is 2.32. The van der Waals surface area contributed by atoms with Gasteiger partial charge in [-0.25, -0.2) is 0 Å². The van der Waals surface area contributed by atoms with E-state index < -0.39 is 0 Å². The molecule has 1 heteroatoms.